The van der Waals surface area contributed by atoms with E-state index in [1.54, 1.807) is 30.6 Å². The van der Waals surface area contributed by atoms with Gasteiger partial charge in [0.1, 0.15) is 30.3 Å². The molecule has 0 unspecified atom stereocenters. The van der Waals surface area contributed by atoms with Crippen LogP contribution in [0.2, 0.25) is 5.02 Å². The van der Waals surface area contributed by atoms with E-state index < -0.39 is 0 Å². The predicted molar refractivity (Wildman–Crippen MR) is 103 cm³/mol. The first-order valence-electron chi connectivity index (χ1n) is 8.66. The highest BCUT2D eigenvalue weighted by Crippen LogP contribution is 2.30. The summed E-state index contributed by atoms with van der Waals surface area (Å²) in [5, 5.41) is 7.10. The number of nitrogens with zero attached hydrogens (tertiary/aromatic N) is 2. The molecule has 3 aromatic rings. The first-order chi connectivity index (χ1) is 13.2. The van der Waals surface area contributed by atoms with Crippen molar-refractivity contribution in [3.8, 4) is 5.75 Å². The number of hydrogen-bond acceptors (Lipinski definition) is 5. The van der Waals surface area contributed by atoms with Crippen LogP contribution < -0.4 is 15.4 Å². The van der Waals surface area contributed by atoms with Crippen LogP contribution in [0.5, 0.6) is 5.75 Å². The van der Waals surface area contributed by atoms with Gasteiger partial charge in [-0.15, -0.1) is 0 Å². The lowest BCUT2D eigenvalue weighted by atomic mass is 10.1. The summed E-state index contributed by atoms with van der Waals surface area (Å²) in [6.07, 6.45) is 2.46. The molecular weight excluding hydrogens is 367 g/mol. The number of aromatic nitrogens is 2. The molecular formula is C20H18ClFN4O. The lowest BCUT2D eigenvalue weighted by molar-refractivity contribution is 0.306. The minimum Gasteiger partial charge on any atom is -0.487 e. The maximum Gasteiger partial charge on any atom is 0.138 e. The SMILES string of the molecule is Fc1cccc(COc2ccc(Nc3ncnc4c3CNCC4)cc2Cl)c1. The van der Waals surface area contributed by atoms with Crippen molar-refractivity contribution in [2.75, 3.05) is 11.9 Å². The number of fused-ring (bicyclic) bond motifs is 1. The Balaban J connectivity index is 1.47. The Morgan fingerprint density at radius 2 is 2.11 bits per heavy atom. The van der Waals surface area contributed by atoms with E-state index in [9.17, 15) is 4.39 Å². The highest BCUT2D eigenvalue weighted by Gasteiger charge is 2.15. The molecule has 1 aromatic heterocycles. The van der Waals surface area contributed by atoms with Gasteiger partial charge in [0.2, 0.25) is 0 Å². The number of nitrogens with one attached hydrogen (secondary N) is 2. The molecule has 0 saturated heterocycles. The molecule has 0 fully saturated rings. The quantitative estimate of drug-likeness (QED) is 0.689. The molecule has 5 nitrogen and oxygen atoms in total. The van der Waals surface area contributed by atoms with Gasteiger partial charge in [-0.1, -0.05) is 23.7 Å². The topological polar surface area (TPSA) is 59.1 Å². The van der Waals surface area contributed by atoms with Crippen molar-refractivity contribution in [2.24, 2.45) is 0 Å². The van der Waals surface area contributed by atoms with Gasteiger partial charge in [-0.3, -0.25) is 0 Å². The molecule has 0 radical (unpaired) electrons. The number of hydrogen-bond donors (Lipinski definition) is 2. The van der Waals surface area contributed by atoms with Gasteiger partial charge in [0.15, 0.2) is 0 Å². The second-order valence-corrected chi connectivity index (χ2v) is 6.67. The van der Waals surface area contributed by atoms with Crippen LogP contribution in [0.4, 0.5) is 15.9 Å². The summed E-state index contributed by atoms with van der Waals surface area (Å²) < 4.78 is 19.0. The second-order valence-electron chi connectivity index (χ2n) is 6.26. The molecule has 0 bridgehead atoms. The molecule has 0 saturated carbocycles. The lowest BCUT2D eigenvalue weighted by Gasteiger charge is -2.19. The first-order valence-corrected chi connectivity index (χ1v) is 9.04. The van der Waals surface area contributed by atoms with Gasteiger partial charge in [0.05, 0.1) is 10.7 Å². The number of halogens is 2. The summed E-state index contributed by atoms with van der Waals surface area (Å²) in [4.78, 5) is 8.70. The molecule has 2 heterocycles. The van der Waals surface area contributed by atoms with Gasteiger partial charge < -0.3 is 15.4 Å². The zero-order valence-corrected chi connectivity index (χ0v) is 15.3. The third-order valence-corrected chi connectivity index (χ3v) is 4.65. The third-order valence-electron chi connectivity index (χ3n) is 4.35. The number of ether oxygens (including phenoxy) is 1. The van der Waals surface area contributed by atoms with Crippen molar-refractivity contribution < 1.29 is 9.13 Å². The standard InChI is InChI=1S/C20H18ClFN4O/c21-17-9-15(26-20-16-10-23-7-6-18(16)24-12-25-20)4-5-19(17)27-11-13-2-1-3-14(22)8-13/h1-5,8-9,12,23H,6-7,10-11H2,(H,24,25,26). The average Bonchev–Trinajstić information content (AvgIpc) is 2.68. The smallest absolute Gasteiger partial charge is 0.138 e. The van der Waals surface area contributed by atoms with Gasteiger partial charge in [-0.25, -0.2) is 14.4 Å². The van der Waals surface area contributed by atoms with Gasteiger partial charge in [0.25, 0.3) is 0 Å². The zero-order chi connectivity index (χ0) is 18.6. The van der Waals surface area contributed by atoms with Crippen LogP contribution in [0.3, 0.4) is 0 Å². The highest BCUT2D eigenvalue weighted by molar-refractivity contribution is 6.32. The Labute approximate surface area is 161 Å². The Hall–Kier alpha value is -2.70. The van der Waals surface area contributed by atoms with Crippen LogP contribution in [0.1, 0.15) is 16.8 Å². The van der Waals surface area contributed by atoms with Crippen molar-refractivity contribution in [1.29, 1.82) is 0 Å². The van der Waals surface area contributed by atoms with Crippen LogP contribution in [0.25, 0.3) is 0 Å². The van der Waals surface area contributed by atoms with Gasteiger partial charge in [-0.2, -0.15) is 0 Å². The Bertz CT molecular complexity index is 966. The molecule has 138 valence electrons. The van der Waals surface area contributed by atoms with Gasteiger partial charge in [0, 0.05) is 30.8 Å². The maximum atomic E-state index is 13.2. The third kappa shape index (κ3) is 4.18. The fourth-order valence-corrected chi connectivity index (χ4v) is 3.23. The van der Waals surface area contributed by atoms with E-state index in [2.05, 4.69) is 20.6 Å². The lowest BCUT2D eigenvalue weighted by Crippen LogP contribution is -2.25. The molecule has 0 amide bonds. The summed E-state index contributed by atoms with van der Waals surface area (Å²) >= 11 is 6.35. The van der Waals surface area contributed by atoms with Crippen LogP contribution in [-0.2, 0) is 19.6 Å². The molecule has 0 atom stereocenters. The average molecular weight is 385 g/mol. The summed E-state index contributed by atoms with van der Waals surface area (Å²) in [6.45, 7) is 1.91. The molecule has 7 heteroatoms. The molecule has 4 rings (SSSR count). The van der Waals surface area contributed by atoms with E-state index in [1.165, 1.54) is 12.1 Å². The van der Waals surface area contributed by atoms with E-state index in [4.69, 9.17) is 16.3 Å². The molecule has 1 aliphatic rings. The minimum absolute atomic E-state index is 0.245. The molecule has 2 N–H and O–H groups in total. The first kappa shape index (κ1) is 17.7. The number of benzene rings is 2. The molecule has 0 spiro atoms. The van der Waals surface area contributed by atoms with E-state index in [1.807, 2.05) is 6.07 Å². The Kier molecular flexibility index (Phi) is 5.18. The monoisotopic (exact) mass is 384 g/mol. The normalized spacial score (nSPS) is 13.1. The zero-order valence-electron chi connectivity index (χ0n) is 14.5. The summed E-state index contributed by atoms with van der Waals surface area (Å²) in [5.74, 6) is 1.03. The molecule has 27 heavy (non-hydrogen) atoms. The van der Waals surface area contributed by atoms with E-state index in [0.29, 0.717) is 10.8 Å². The van der Waals surface area contributed by atoms with E-state index in [0.717, 1.165) is 47.8 Å². The number of rotatable bonds is 5. The Morgan fingerprint density at radius 3 is 2.96 bits per heavy atom. The van der Waals surface area contributed by atoms with Crippen molar-refractivity contribution in [2.45, 2.75) is 19.6 Å². The molecule has 1 aliphatic heterocycles. The fraction of sp³-hybridized carbons (Fsp3) is 0.200. The second kappa shape index (κ2) is 7.90. The van der Waals surface area contributed by atoms with Crippen molar-refractivity contribution >= 4 is 23.1 Å². The Morgan fingerprint density at radius 1 is 1.19 bits per heavy atom. The van der Waals surface area contributed by atoms with E-state index in [-0.39, 0.29) is 12.4 Å². The van der Waals surface area contributed by atoms with Gasteiger partial charge in [-0.05, 0) is 35.9 Å². The maximum absolute atomic E-state index is 13.2. The van der Waals surface area contributed by atoms with Crippen LogP contribution in [-0.4, -0.2) is 16.5 Å². The van der Waals surface area contributed by atoms with Gasteiger partial charge >= 0.3 is 0 Å². The number of anilines is 2. The largest absolute Gasteiger partial charge is 0.487 e. The summed E-state index contributed by atoms with van der Waals surface area (Å²) in [6, 6.07) is 11.7. The van der Waals surface area contributed by atoms with Crippen LogP contribution >= 0.6 is 11.6 Å². The molecule has 0 aliphatic carbocycles. The predicted octanol–water partition coefficient (Wildman–Crippen LogP) is 4.24. The highest BCUT2D eigenvalue weighted by atomic mass is 35.5. The van der Waals surface area contributed by atoms with Crippen LogP contribution in [0, 0.1) is 5.82 Å². The van der Waals surface area contributed by atoms with Crippen molar-refractivity contribution in [3.63, 3.8) is 0 Å². The summed E-state index contributed by atoms with van der Waals surface area (Å²) in [7, 11) is 0. The minimum atomic E-state index is -0.288. The van der Waals surface area contributed by atoms with E-state index >= 15 is 0 Å². The fourth-order valence-electron chi connectivity index (χ4n) is 3.00. The van der Waals surface area contributed by atoms with Crippen molar-refractivity contribution in [1.82, 2.24) is 15.3 Å². The van der Waals surface area contributed by atoms with Crippen LogP contribution in [0.15, 0.2) is 48.8 Å². The van der Waals surface area contributed by atoms with Crippen molar-refractivity contribution in [3.05, 3.63) is 76.5 Å². The molecule has 2 aromatic carbocycles. The summed E-state index contributed by atoms with van der Waals surface area (Å²) in [5.41, 5.74) is 3.69.